The van der Waals surface area contributed by atoms with E-state index in [2.05, 4.69) is 4.72 Å². The molecule has 0 bridgehead atoms. The zero-order valence-corrected chi connectivity index (χ0v) is 10.6. The minimum atomic E-state index is -3.45. The first kappa shape index (κ1) is 14.4. The van der Waals surface area contributed by atoms with Gasteiger partial charge in [-0.2, -0.15) is 0 Å². The van der Waals surface area contributed by atoms with Crippen molar-refractivity contribution in [1.82, 2.24) is 4.72 Å². The van der Waals surface area contributed by atoms with Gasteiger partial charge in [-0.25, -0.2) is 8.42 Å². The van der Waals surface area contributed by atoms with Crippen LogP contribution in [0.2, 0.25) is 0 Å². The summed E-state index contributed by atoms with van der Waals surface area (Å²) < 4.78 is 25.4. The van der Waals surface area contributed by atoms with E-state index in [1.54, 1.807) is 0 Å². The molecule has 0 rings (SSSR count). The fourth-order valence-corrected chi connectivity index (χ4v) is 2.82. The van der Waals surface area contributed by atoms with Crippen LogP contribution in [-0.2, 0) is 14.8 Å². The van der Waals surface area contributed by atoms with Gasteiger partial charge in [0.25, 0.3) is 0 Å². The Kier molecular flexibility index (Phi) is 6.56. The van der Waals surface area contributed by atoms with Gasteiger partial charge >= 0.3 is 0 Å². The van der Waals surface area contributed by atoms with Crippen molar-refractivity contribution in [3.63, 3.8) is 0 Å². The highest BCUT2D eigenvalue weighted by Gasteiger charge is 2.23. The molecule has 0 aromatic carbocycles. The zero-order chi connectivity index (χ0) is 11.9. The predicted molar refractivity (Wildman–Crippen MR) is 61.0 cm³/mol. The molecule has 0 atom stereocenters. The third-order valence-corrected chi connectivity index (χ3v) is 4.42. The maximum atomic E-state index is 11.6. The molecule has 5 heteroatoms. The molecule has 0 radical (unpaired) electrons. The van der Waals surface area contributed by atoms with Crippen LogP contribution >= 0.6 is 0 Å². The first-order valence-electron chi connectivity index (χ1n) is 5.52. The molecule has 1 amide bonds. The van der Waals surface area contributed by atoms with E-state index in [4.69, 9.17) is 0 Å². The van der Waals surface area contributed by atoms with Gasteiger partial charge in [0, 0.05) is 6.42 Å². The molecule has 90 valence electrons. The van der Waals surface area contributed by atoms with Crippen molar-refractivity contribution >= 4 is 15.9 Å². The quantitative estimate of drug-likeness (QED) is 0.732. The highest BCUT2D eigenvalue weighted by atomic mass is 32.2. The second-order valence-corrected chi connectivity index (χ2v) is 5.57. The number of unbranched alkanes of at least 4 members (excludes halogenated alkanes) is 1. The normalized spacial score (nSPS) is 11.7. The van der Waals surface area contributed by atoms with Gasteiger partial charge in [-0.05, 0) is 19.3 Å². The average molecular weight is 235 g/mol. The molecule has 0 unspecified atom stereocenters. The molecule has 0 heterocycles. The average Bonchev–Trinajstić information content (AvgIpc) is 2.15. The number of sulfonamides is 1. The summed E-state index contributed by atoms with van der Waals surface area (Å²) >= 11 is 0. The third-order valence-electron chi connectivity index (χ3n) is 2.36. The van der Waals surface area contributed by atoms with Crippen molar-refractivity contribution in [3.05, 3.63) is 0 Å². The van der Waals surface area contributed by atoms with Crippen LogP contribution in [-0.4, -0.2) is 19.6 Å². The highest BCUT2D eigenvalue weighted by molar-refractivity contribution is 7.90. The van der Waals surface area contributed by atoms with E-state index >= 15 is 0 Å². The van der Waals surface area contributed by atoms with E-state index in [0.717, 1.165) is 12.8 Å². The molecule has 0 aliphatic rings. The second-order valence-electron chi connectivity index (χ2n) is 3.61. The van der Waals surface area contributed by atoms with E-state index in [-0.39, 0.29) is 12.3 Å². The number of hydrogen-bond acceptors (Lipinski definition) is 3. The summed E-state index contributed by atoms with van der Waals surface area (Å²) in [5, 5.41) is -0.455. The first-order chi connectivity index (χ1) is 6.97. The van der Waals surface area contributed by atoms with E-state index in [1.807, 2.05) is 20.8 Å². The van der Waals surface area contributed by atoms with Crippen molar-refractivity contribution in [2.75, 3.05) is 0 Å². The van der Waals surface area contributed by atoms with Gasteiger partial charge in [0.05, 0.1) is 5.25 Å². The maximum absolute atomic E-state index is 11.6. The Morgan fingerprint density at radius 3 is 2.13 bits per heavy atom. The van der Waals surface area contributed by atoms with Crippen LogP contribution in [0.15, 0.2) is 0 Å². The van der Waals surface area contributed by atoms with E-state index < -0.39 is 15.3 Å². The number of carbonyl (C=O) groups is 1. The monoisotopic (exact) mass is 235 g/mol. The minimum absolute atomic E-state index is 0.288. The molecule has 0 spiro atoms. The van der Waals surface area contributed by atoms with Gasteiger partial charge in [0.15, 0.2) is 0 Å². The molecule has 15 heavy (non-hydrogen) atoms. The van der Waals surface area contributed by atoms with Crippen LogP contribution in [0.1, 0.15) is 52.9 Å². The zero-order valence-electron chi connectivity index (χ0n) is 9.75. The number of hydrogen-bond donors (Lipinski definition) is 1. The van der Waals surface area contributed by atoms with Gasteiger partial charge in [-0.15, -0.1) is 0 Å². The third kappa shape index (κ3) is 5.16. The molecule has 0 aromatic heterocycles. The Morgan fingerprint density at radius 1 is 1.20 bits per heavy atom. The summed E-state index contributed by atoms with van der Waals surface area (Å²) in [5.74, 6) is -0.385. The fraction of sp³-hybridized carbons (Fsp3) is 0.900. The molecule has 0 fully saturated rings. The molecule has 0 saturated heterocycles. The molecular formula is C10H21NO3S. The summed E-state index contributed by atoms with van der Waals surface area (Å²) in [6.07, 6.45) is 2.97. The smallest absolute Gasteiger partial charge is 0.237 e. The Bertz CT molecular complexity index is 281. The number of amides is 1. The molecule has 0 saturated carbocycles. The number of rotatable bonds is 7. The van der Waals surface area contributed by atoms with Crippen molar-refractivity contribution < 1.29 is 13.2 Å². The standard InChI is InChI=1S/C10H21NO3S/c1-4-7-8-10(12)11-15(13,14)9(5-2)6-3/h9H,4-8H2,1-3H3,(H,11,12). The van der Waals surface area contributed by atoms with Crippen molar-refractivity contribution in [2.24, 2.45) is 0 Å². The summed E-state index contributed by atoms with van der Waals surface area (Å²) in [5.41, 5.74) is 0. The van der Waals surface area contributed by atoms with Crippen LogP contribution < -0.4 is 4.72 Å². The van der Waals surface area contributed by atoms with Gasteiger partial charge in [0.1, 0.15) is 0 Å². The Hall–Kier alpha value is -0.580. The fourth-order valence-electron chi connectivity index (χ4n) is 1.36. The summed E-state index contributed by atoms with van der Waals surface area (Å²) in [6.45, 7) is 5.58. The molecule has 0 aliphatic heterocycles. The lowest BCUT2D eigenvalue weighted by Gasteiger charge is -2.14. The summed E-state index contributed by atoms with van der Waals surface area (Å²) in [6, 6.07) is 0. The van der Waals surface area contributed by atoms with Gasteiger partial charge in [-0.3, -0.25) is 9.52 Å². The maximum Gasteiger partial charge on any atom is 0.237 e. The Morgan fingerprint density at radius 2 is 1.73 bits per heavy atom. The number of carbonyl (C=O) groups excluding carboxylic acids is 1. The lowest BCUT2D eigenvalue weighted by atomic mass is 10.2. The van der Waals surface area contributed by atoms with Crippen LogP contribution in [0.4, 0.5) is 0 Å². The first-order valence-corrected chi connectivity index (χ1v) is 7.06. The number of nitrogens with one attached hydrogen (secondary N) is 1. The molecule has 0 aliphatic carbocycles. The predicted octanol–water partition coefficient (Wildman–Crippen LogP) is 1.81. The van der Waals surface area contributed by atoms with Crippen LogP contribution in [0.5, 0.6) is 0 Å². The SMILES string of the molecule is CCCCC(=O)NS(=O)(=O)C(CC)CC. The lowest BCUT2D eigenvalue weighted by Crippen LogP contribution is -2.37. The van der Waals surface area contributed by atoms with Crippen LogP contribution in [0, 0.1) is 0 Å². The second kappa shape index (κ2) is 6.82. The van der Waals surface area contributed by atoms with E-state index in [0.29, 0.717) is 12.8 Å². The van der Waals surface area contributed by atoms with Gasteiger partial charge in [0.2, 0.25) is 15.9 Å². The van der Waals surface area contributed by atoms with E-state index in [1.165, 1.54) is 0 Å². The minimum Gasteiger partial charge on any atom is -0.274 e. The molecular weight excluding hydrogens is 214 g/mol. The van der Waals surface area contributed by atoms with Crippen molar-refractivity contribution in [3.8, 4) is 0 Å². The van der Waals surface area contributed by atoms with Crippen molar-refractivity contribution in [1.29, 1.82) is 0 Å². The van der Waals surface area contributed by atoms with Crippen LogP contribution in [0.25, 0.3) is 0 Å². The molecule has 1 N–H and O–H groups in total. The molecule has 0 aromatic rings. The Balaban J connectivity index is 4.30. The van der Waals surface area contributed by atoms with E-state index in [9.17, 15) is 13.2 Å². The van der Waals surface area contributed by atoms with Gasteiger partial charge < -0.3 is 0 Å². The van der Waals surface area contributed by atoms with Gasteiger partial charge in [-0.1, -0.05) is 27.2 Å². The summed E-state index contributed by atoms with van der Waals surface area (Å²) in [4.78, 5) is 11.3. The summed E-state index contributed by atoms with van der Waals surface area (Å²) in [7, 11) is -3.45. The molecule has 4 nitrogen and oxygen atoms in total. The van der Waals surface area contributed by atoms with Crippen LogP contribution in [0.3, 0.4) is 0 Å². The highest BCUT2D eigenvalue weighted by Crippen LogP contribution is 2.08. The lowest BCUT2D eigenvalue weighted by molar-refractivity contribution is -0.119. The topological polar surface area (TPSA) is 63.2 Å². The largest absolute Gasteiger partial charge is 0.274 e. The Labute approximate surface area is 92.5 Å². The van der Waals surface area contributed by atoms with Crippen molar-refractivity contribution in [2.45, 2.75) is 58.1 Å².